The van der Waals surface area contributed by atoms with E-state index in [1.54, 1.807) is 18.2 Å². The van der Waals surface area contributed by atoms with Gasteiger partial charge in [-0.1, -0.05) is 22.0 Å². The number of aryl methyl sites for hydroxylation is 1. The first-order valence-corrected chi connectivity index (χ1v) is 6.13. The van der Waals surface area contributed by atoms with Gasteiger partial charge < -0.3 is 10.5 Å². The van der Waals surface area contributed by atoms with Gasteiger partial charge >= 0.3 is 0 Å². The summed E-state index contributed by atoms with van der Waals surface area (Å²) in [6.45, 7) is 1.94. The first kappa shape index (κ1) is 12.5. The van der Waals surface area contributed by atoms with Gasteiger partial charge in [0.15, 0.2) is 0 Å². The summed E-state index contributed by atoms with van der Waals surface area (Å²) in [7, 11) is 0. The number of hydrogen-bond acceptors (Lipinski definition) is 3. The average Bonchev–Trinajstić information content (AvgIpc) is 2.33. The van der Waals surface area contributed by atoms with Gasteiger partial charge in [0, 0.05) is 4.47 Å². The van der Waals surface area contributed by atoms with Crippen LogP contribution in [-0.4, -0.2) is 0 Å². The molecule has 0 spiro atoms. The fraction of sp³-hybridized carbons (Fsp3) is 0.0714. The maximum atomic E-state index is 9.03. The maximum absolute atomic E-state index is 9.03. The normalized spacial score (nSPS) is 9.83. The van der Waals surface area contributed by atoms with Crippen molar-refractivity contribution in [1.82, 2.24) is 0 Å². The number of ether oxygens (including phenoxy) is 1. The predicted molar refractivity (Wildman–Crippen MR) is 74.5 cm³/mol. The van der Waals surface area contributed by atoms with E-state index in [9.17, 15) is 0 Å². The highest BCUT2D eigenvalue weighted by Crippen LogP contribution is 2.31. The van der Waals surface area contributed by atoms with E-state index < -0.39 is 0 Å². The highest BCUT2D eigenvalue weighted by atomic mass is 79.9. The molecule has 0 saturated carbocycles. The van der Waals surface area contributed by atoms with Crippen LogP contribution >= 0.6 is 15.9 Å². The molecule has 0 atom stereocenters. The molecule has 0 aliphatic carbocycles. The second-order valence-corrected chi connectivity index (χ2v) is 4.81. The summed E-state index contributed by atoms with van der Waals surface area (Å²) >= 11 is 3.33. The number of anilines is 1. The minimum Gasteiger partial charge on any atom is -0.454 e. The number of nitrogens with zero attached hydrogens (tertiary/aromatic N) is 1. The van der Waals surface area contributed by atoms with Gasteiger partial charge in [-0.3, -0.25) is 0 Å². The van der Waals surface area contributed by atoms with E-state index in [2.05, 4.69) is 22.0 Å². The second kappa shape index (κ2) is 5.11. The Morgan fingerprint density at radius 1 is 1.17 bits per heavy atom. The number of hydrogen-bond donors (Lipinski definition) is 1. The monoisotopic (exact) mass is 302 g/mol. The smallest absolute Gasteiger partial charge is 0.150 e. The fourth-order valence-corrected chi connectivity index (χ4v) is 1.92. The van der Waals surface area contributed by atoms with Crippen LogP contribution in [0.5, 0.6) is 11.5 Å². The first-order chi connectivity index (χ1) is 8.60. The van der Waals surface area contributed by atoms with Crippen LogP contribution < -0.4 is 10.5 Å². The highest BCUT2D eigenvalue weighted by molar-refractivity contribution is 9.10. The van der Waals surface area contributed by atoms with Crippen LogP contribution in [0.1, 0.15) is 11.1 Å². The summed E-state index contributed by atoms with van der Waals surface area (Å²) in [5.74, 6) is 1.06. The third-order valence-corrected chi connectivity index (χ3v) is 2.94. The molecule has 0 fully saturated rings. The molecule has 0 saturated heterocycles. The summed E-state index contributed by atoms with van der Waals surface area (Å²) in [6, 6.07) is 12.9. The molecule has 0 amide bonds. The summed E-state index contributed by atoms with van der Waals surface area (Å²) < 4.78 is 6.58. The van der Waals surface area contributed by atoms with Crippen LogP contribution in [-0.2, 0) is 0 Å². The van der Waals surface area contributed by atoms with E-state index in [4.69, 9.17) is 15.7 Å². The Morgan fingerprint density at radius 3 is 2.61 bits per heavy atom. The molecule has 2 N–H and O–H groups in total. The van der Waals surface area contributed by atoms with Crippen molar-refractivity contribution in [2.75, 3.05) is 5.73 Å². The SMILES string of the molecule is Cc1ccc(C#N)c(Oc2ccc(Br)cc2N)c1. The van der Waals surface area contributed by atoms with Gasteiger partial charge in [-0.15, -0.1) is 0 Å². The molecule has 2 aromatic carbocycles. The summed E-state index contributed by atoms with van der Waals surface area (Å²) in [5, 5.41) is 9.03. The van der Waals surface area contributed by atoms with Crippen LogP contribution in [0.3, 0.4) is 0 Å². The summed E-state index contributed by atoms with van der Waals surface area (Å²) in [4.78, 5) is 0. The first-order valence-electron chi connectivity index (χ1n) is 5.34. The zero-order valence-corrected chi connectivity index (χ0v) is 11.4. The molecule has 0 aliphatic heterocycles. The lowest BCUT2D eigenvalue weighted by atomic mass is 10.1. The van der Waals surface area contributed by atoms with Crippen LogP contribution in [0.4, 0.5) is 5.69 Å². The minimum absolute atomic E-state index is 0.489. The molecule has 90 valence electrons. The van der Waals surface area contributed by atoms with Crippen LogP contribution in [0.15, 0.2) is 40.9 Å². The van der Waals surface area contributed by atoms with E-state index in [0.29, 0.717) is 22.7 Å². The van der Waals surface area contributed by atoms with Crippen molar-refractivity contribution in [2.24, 2.45) is 0 Å². The van der Waals surface area contributed by atoms with Crippen molar-refractivity contribution in [1.29, 1.82) is 5.26 Å². The molecule has 0 bridgehead atoms. The van der Waals surface area contributed by atoms with Gasteiger partial charge in [-0.25, -0.2) is 0 Å². The van der Waals surface area contributed by atoms with Crippen molar-refractivity contribution in [3.05, 3.63) is 52.0 Å². The van der Waals surface area contributed by atoms with E-state index in [1.165, 1.54) is 0 Å². The zero-order valence-electron chi connectivity index (χ0n) is 9.77. The lowest BCUT2D eigenvalue weighted by Gasteiger charge is -2.10. The van der Waals surface area contributed by atoms with Gasteiger partial charge in [0.25, 0.3) is 0 Å². The number of rotatable bonds is 2. The predicted octanol–water partition coefficient (Wildman–Crippen LogP) is 4.00. The largest absolute Gasteiger partial charge is 0.454 e. The lowest BCUT2D eigenvalue weighted by molar-refractivity contribution is 0.483. The van der Waals surface area contributed by atoms with Crippen molar-refractivity contribution in [3.63, 3.8) is 0 Å². The van der Waals surface area contributed by atoms with Gasteiger partial charge in [0.05, 0.1) is 11.3 Å². The van der Waals surface area contributed by atoms with Crippen molar-refractivity contribution in [3.8, 4) is 17.6 Å². The topological polar surface area (TPSA) is 59.0 Å². The molecule has 2 rings (SSSR count). The quantitative estimate of drug-likeness (QED) is 0.853. The molecule has 0 heterocycles. The van der Waals surface area contributed by atoms with Crippen LogP contribution in [0, 0.1) is 18.3 Å². The van der Waals surface area contributed by atoms with Gasteiger partial charge in [0.2, 0.25) is 0 Å². The van der Waals surface area contributed by atoms with E-state index >= 15 is 0 Å². The van der Waals surface area contributed by atoms with Crippen LogP contribution in [0.2, 0.25) is 0 Å². The number of halogens is 1. The van der Waals surface area contributed by atoms with Crippen LogP contribution in [0.25, 0.3) is 0 Å². The van der Waals surface area contributed by atoms with Gasteiger partial charge in [0.1, 0.15) is 17.6 Å². The van der Waals surface area contributed by atoms with Crippen molar-refractivity contribution < 1.29 is 4.74 Å². The average molecular weight is 303 g/mol. The summed E-state index contributed by atoms with van der Waals surface area (Å²) in [6.07, 6.45) is 0. The Hall–Kier alpha value is -1.99. The minimum atomic E-state index is 0.489. The maximum Gasteiger partial charge on any atom is 0.150 e. The Labute approximate surface area is 114 Å². The van der Waals surface area contributed by atoms with E-state index in [0.717, 1.165) is 10.0 Å². The molecule has 0 unspecified atom stereocenters. The van der Waals surface area contributed by atoms with E-state index in [-0.39, 0.29) is 0 Å². The molecule has 2 aromatic rings. The number of nitrogens with two attached hydrogens (primary N) is 1. The highest BCUT2D eigenvalue weighted by Gasteiger charge is 2.07. The molecule has 18 heavy (non-hydrogen) atoms. The van der Waals surface area contributed by atoms with Gasteiger partial charge in [-0.2, -0.15) is 5.26 Å². The van der Waals surface area contributed by atoms with Crippen molar-refractivity contribution >= 4 is 21.6 Å². The number of nitriles is 1. The Morgan fingerprint density at radius 2 is 1.94 bits per heavy atom. The Balaban J connectivity index is 2.40. The van der Waals surface area contributed by atoms with E-state index in [1.807, 2.05) is 25.1 Å². The molecule has 0 radical (unpaired) electrons. The molecule has 3 nitrogen and oxygen atoms in total. The second-order valence-electron chi connectivity index (χ2n) is 3.90. The fourth-order valence-electron chi connectivity index (χ4n) is 1.54. The molecular weight excluding hydrogens is 292 g/mol. The molecular formula is C14H11BrN2O. The van der Waals surface area contributed by atoms with Gasteiger partial charge in [-0.05, 0) is 42.8 Å². The molecule has 4 heteroatoms. The lowest BCUT2D eigenvalue weighted by Crippen LogP contribution is -1.94. The Kier molecular flexibility index (Phi) is 3.54. The third kappa shape index (κ3) is 2.63. The Bertz CT molecular complexity index is 632. The number of nitrogen functional groups attached to an aromatic ring is 1. The molecule has 0 aliphatic rings. The molecule has 0 aromatic heterocycles. The van der Waals surface area contributed by atoms with Crippen molar-refractivity contribution in [2.45, 2.75) is 6.92 Å². The zero-order chi connectivity index (χ0) is 13.1. The number of benzene rings is 2. The standard InChI is InChI=1S/C14H11BrN2O/c1-9-2-3-10(8-16)14(6-9)18-13-5-4-11(15)7-12(13)17/h2-7H,17H2,1H3. The third-order valence-electron chi connectivity index (χ3n) is 2.45. The summed E-state index contributed by atoms with van der Waals surface area (Å²) in [5.41, 5.74) is 7.90.